The summed E-state index contributed by atoms with van der Waals surface area (Å²) < 4.78 is 18.3. The summed E-state index contributed by atoms with van der Waals surface area (Å²) in [5, 5.41) is 7.97. The molecule has 0 bridgehead atoms. The molecule has 1 aliphatic heterocycles. The molecule has 2 heterocycles. The van der Waals surface area contributed by atoms with Crippen LogP contribution in [0.25, 0.3) is 17.3 Å². The molecular weight excluding hydrogens is 377 g/mol. The van der Waals surface area contributed by atoms with Crippen molar-refractivity contribution in [3.05, 3.63) is 70.9 Å². The minimum absolute atomic E-state index is 0.228. The summed E-state index contributed by atoms with van der Waals surface area (Å²) in [4.78, 5) is 17.4. The SMILES string of the molecule is COc1ccc(/C=C2\C(=O)N(c3nc(-c4ccc(F)cc4)cs3)N=C2C)cc1. The van der Waals surface area contributed by atoms with Crippen LogP contribution in [-0.4, -0.2) is 23.7 Å². The van der Waals surface area contributed by atoms with Crippen LogP contribution in [-0.2, 0) is 4.79 Å². The molecular formula is C21H16FN3O2S. The van der Waals surface area contributed by atoms with Crippen LogP contribution in [0.1, 0.15) is 12.5 Å². The molecule has 0 saturated heterocycles. The summed E-state index contributed by atoms with van der Waals surface area (Å²) >= 11 is 1.31. The van der Waals surface area contributed by atoms with Crippen LogP contribution >= 0.6 is 11.3 Å². The van der Waals surface area contributed by atoms with Crippen molar-refractivity contribution in [1.82, 2.24) is 4.98 Å². The molecule has 0 atom stereocenters. The van der Waals surface area contributed by atoms with Gasteiger partial charge in [-0.15, -0.1) is 11.3 Å². The molecule has 0 unspecified atom stereocenters. The number of hydrazone groups is 1. The number of thiazole rings is 1. The summed E-state index contributed by atoms with van der Waals surface area (Å²) in [7, 11) is 1.61. The third kappa shape index (κ3) is 3.44. The molecule has 7 heteroatoms. The lowest BCUT2D eigenvalue weighted by atomic mass is 10.1. The highest BCUT2D eigenvalue weighted by Gasteiger charge is 2.30. The van der Waals surface area contributed by atoms with Gasteiger partial charge >= 0.3 is 0 Å². The Morgan fingerprint density at radius 3 is 2.50 bits per heavy atom. The molecule has 0 saturated carbocycles. The number of anilines is 1. The Kier molecular flexibility index (Phi) is 4.75. The summed E-state index contributed by atoms with van der Waals surface area (Å²) in [6.45, 7) is 1.79. The van der Waals surface area contributed by atoms with E-state index in [2.05, 4.69) is 10.1 Å². The van der Waals surface area contributed by atoms with E-state index in [0.29, 0.717) is 22.1 Å². The van der Waals surface area contributed by atoms with Gasteiger partial charge < -0.3 is 4.74 Å². The Bertz CT molecular complexity index is 1090. The van der Waals surface area contributed by atoms with E-state index in [1.54, 1.807) is 32.2 Å². The zero-order valence-corrected chi connectivity index (χ0v) is 16.0. The Balaban J connectivity index is 1.59. The smallest absolute Gasteiger partial charge is 0.282 e. The number of hydrogen-bond donors (Lipinski definition) is 0. The lowest BCUT2D eigenvalue weighted by molar-refractivity contribution is -0.114. The number of benzene rings is 2. The fourth-order valence-corrected chi connectivity index (χ4v) is 3.58. The van der Waals surface area contributed by atoms with E-state index >= 15 is 0 Å². The van der Waals surface area contributed by atoms with E-state index in [9.17, 15) is 9.18 Å². The van der Waals surface area contributed by atoms with Gasteiger partial charge in [0, 0.05) is 10.9 Å². The first-order valence-electron chi connectivity index (χ1n) is 8.52. The lowest BCUT2D eigenvalue weighted by Crippen LogP contribution is -2.21. The third-order valence-electron chi connectivity index (χ3n) is 4.30. The van der Waals surface area contributed by atoms with Crippen LogP contribution in [0.4, 0.5) is 9.52 Å². The molecule has 5 nitrogen and oxygen atoms in total. The zero-order chi connectivity index (χ0) is 19.7. The summed E-state index contributed by atoms with van der Waals surface area (Å²) in [6.07, 6.45) is 1.80. The van der Waals surface area contributed by atoms with Crippen LogP contribution in [0.15, 0.2) is 64.6 Å². The highest BCUT2D eigenvalue weighted by molar-refractivity contribution is 7.14. The van der Waals surface area contributed by atoms with Crippen LogP contribution in [0.5, 0.6) is 5.75 Å². The molecule has 1 amide bonds. The highest BCUT2D eigenvalue weighted by Crippen LogP contribution is 2.31. The van der Waals surface area contributed by atoms with Crippen LogP contribution in [0.3, 0.4) is 0 Å². The van der Waals surface area contributed by atoms with E-state index in [1.165, 1.54) is 28.5 Å². The predicted octanol–water partition coefficient (Wildman–Crippen LogP) is 4.76. The number of carbonyl (C=O) groups excluding carboxylic acids is 1. The largest absolute Gasteiger partial charge is 0.497 e. The van der Waals surface area contributed by atoms with Gasteiger partial charge in [0.05, 0.1) is 24.1 Å². The maximum Gasteiger partial charge on any atom is 0.282 e. The first-order valence-corrected chi connectivity index (χ1v) is 9.40. The van der Waals surface area contributed by atoms with E-state index in [-0.39, 0.29) is 11.7 Å². The first-order chi connectivity index (χ1) is 13.5. The average Bonchev–Trinajstić information content (AvgIpc) is 3.30. The van der Waals surface area contributed by atoms with Crippen molar-refractivity contribution in [2.75, 3.05) is 12.1 Å². The lowest BCUT2D eigenvalue weighted by Gasteiger charge is -2.07. The normalized spacial score (nSPS) is 15.2. The standard InChI is InChI=1S/C21H16FN3O2S/c1-13-18(11-14-3-9-17(27-2)10-4-14)20(26)25(24-13)21-23-19(12-28-21)15-5-7-16(22)8-6-15/h3-12H,1-2H3/b18-11-. The van der Waals surface area contributed by atoms with E-state index in [0.717, 1.165) is 16.9 Å². The van der Waals surface area contributed by atoms with Crippen molar-refractivity contribution < 1.29 is 13.9 Å². The first kappa shape index (κ1) is 18.1. The van der Waals surface area contributed by atoms with E-state index in [4.69, 9.17) is 4.74 Å². The zero-order valence-electron chi connectivity index (χ0n) is 15.2. The number of hydrogen-bond acceptors (Lipinski definition) is 5. The Morgan fingerprint density at radius 1 is 1.11 bits per heavy atom. The van der Waals surface area contributed by atoms with Gasteiger partial charge in [0.1, 0.15) is 11.6 Å². The molecule has 140 valence electrons. The summed E-state index contributed by atoms with van der Waals surface area (Å²) in [5.74, 6) is 0.221. The van der Waals surface area contributed by atoms with Gasteiger partial charge in [-0.3, -0.25) is 4.79 Å². The molecule has 0 spiro atoms. The second kappa shape index (κ2) is 7.36. The van der Waals surface area contributed by atoms with Gasteiger partial charge in [-0.25, -0.2) is 9.37 Å². The number of amides is 1. The van der Waals surface area contributed by atoms with Gasteiger partial charge in [-0.05, 0) is 55.0 Å². The number of halogens is 1. The van der Waals surface area contributed by atoms with E-state index in [1.807, 2.05) is 29.6 Å². The fraction of sp³-hybridized carbons (Fsp3) is 0.0952. The van der Waals surface area contributed by atoms with Crippen LogP contribution in [0, 0.1) is 5.82 Å². The summed E-state index contributed by atoms with van der Waals surface area (Å²) in [5.41, 5.74) is 3.48. The van der Waals surface area contributed by atoms with Crippen molar-refractivity contribution in [2.24, 2.45) is 5.10 Å². The number of carbonyl (C=O) groups is 1. The quantitative estimate of drug-likeness (QED) is 0.601. The summed E-state index contributed by atoms with van der Waals surface area (Å²) in [6, 6.07) is 13.5. The molecule has 3 aromatic rings. The number of methoxy groups -OCH3 is 1. The van der Waals surface area contributed by atoms with Crippen molar-refractivity contribution >= 4 is 34.2 Å². The molecule has 1 aromatic heterocycles. The van der Waals surface area contributed by atoms with Gasteiger partial charge in [-0.2, -0.15) is 10.1 Å². The maximum absolute atomic E-state index is 13.1. The highest BCUT2D eigenvalue weighted by atomic mass is 32.1. The topological polar surface area (TPSA) is 54.8 Å². The molecule has 2 aromatic carbocycles. The van der Waals surface area contributed by atoms with Crippen molar-refractivity contribution in [2.45, 2.75) is 6.92 Å². The Labute approximate surface area is 165 Å². The monoisotopic (exact) mass is 393 g/mol. The second-order valence-corrected chi connectivity index (χ2v) is 6.99. The Morgan fingerprint density at radius 2 is 1.82 bits per heavy atom. The van der Waals surface area contributed by atoms with Gasteiger partial charge in [0.2, 0.25) is 5.13 Å². The van der Waals surface area contributed by atoms with Gasteiger partial charge in [0.25, 0.3) is 5.91 Å². The molecule has 4 rings (SSSR count). The van der Waals surface area contributed by atoms with Crippen molar-refractivity contribution in [3.63, 3.8) is 0 Å². The molecule has 0 fully saturated rings. The molecule has 0 N–H and O–H groups in total. The maximum atomic E-state index is 13.1. The molecule has 0 radical (unpaired) electrons. The number of rotatable bonds is 4. The third-order valence-corrected chi connectivity index (χ3v) is 5.12. The fourth-order valence-electron chi connectivity index (χ4n) is 2.80. The number of ether oxygens (including phenoxy) is 1. The predicted molar refractivity (Wildman–Crippen MR) is 109 cm³/mol. The molecule has 28 heavy (non-hydrogen) atoms. The average molecular weight is 393 g/mol. The van der Waals surface area contributed by atoms with Crippen molar-refractivity contribution in [1.29, 1.82) is 0 Å². The molecule has 1 aliphatic rings. The van der Waals surface area contributed by atoms with E-state index < -0.39 is 0 Å². The second-order valence-electron chi connectivity index (χ2n) is 6.16. The van der Waals surface area contributed by atoms with Crippen LogP contribution in [0.2, 0.25) is 0 Å². The molecule has 0 aliphatic carbocycles. The number of aromatic nitrogens is 1. The van der Waals surface area contributed by atoms with Crippen LogP contribution < -0.4 is 9.75 Å². The minimum Gasteiger partial charge on any atom is -0.497 e. The van der Waals surface area contributed by atoms with Gasteiger partial charge in [-0.1, -0.05) is 12.1 Å². The van der Waals surface area contributed by atoms with Crippen molar-refractivity contribution in [3.8, 4) is 17.0 Å². The Hall–Kier alpha value is -3.32. The van der Waals surface area contributed by atoms with Gasteiger partial charge in [0.15, 0.2) is 0 Å². The minimum atomic E-state index is -0.303. The number of nitrogens with zero attached hydrogens (tertiary/aromatic N) is 3.